The van der Waals surface area contributed by atoms with Gasteiger partial charge in [-0.15, -0.1) is 0 Å². The highest BCUT2D eigenvalue weighted by atomic mass is 16.7. The molecule has 25 atom stereocenters. The van der Waals surface area contributed by atoms with Gasteiger partial charge in [0.15, 0.2) is 25.2 Å². The van der Waals surface area contributed by atoms with E-state index in [9.17, 15) is 99.6 Å². The Balaban J connectivity index is 1.21. The first-order chi connectivity index (χ1) is 55.4. The van der Waals surface area contributed by atoms with Crippen molar-refractivity contribution in [3.8, 4) is 0 Å². The van der Waals surface area contributed by atoms with E-state index in [4.69, 9.17) is 42.6 Å². The molecule has 0 saturated carbocycles. The largest absolute Gasteiger partial charge is 0.394 e. The Labute approximate surface area is 682 Å². The molecular formula is C79H142N8O29. The fourth-order valence-corrected chi connectivity index (χ4v) is 14.6. The quantitative estimate of drug-likeness (QED) is 0.0290. The number of unbranched alkanes of at least 4 members (excludes halogenated alkanes) is 7. The first kappa shape index (κ1) is 101. The van der Waals surface area contributed by atoms with E-state index < -0.39 is 196 Å². The second-order valence-corrected chi connectivity index (χ2v) is 32.2. The molecule has 116 heavy (non-hydrogen) atoms. The summed E-state index contributed by atoms with van der Waals surface area (Å²) in [5.74, 6) is -5.31. The zero-order valence-corrected chi connectivity index (χ0v) is 69.1. The van der Waals surface area contributed by atoms with E-state index >= 15 is 0 Å². The molecule has 5 saturated heterocycles. The zero-order valence-electron chi connectivity index (χ0n) is 69.1. The van der Waals surface area contributed by atoms with Gasteiger partial charge in [-0.2, -0.15) is 0 Å². The van der Waals surface area contributed by atoms with Gasteiger partial charge in [-0.3, -0.25) is 38.4 Å². The van der Waals surface area contributed by atoms with Crippen molar-refractivity contribution in [2.75, 3.05) is 92.2 Å². The summed E-state index contributed by atoms with van der Waals surface area (Å²) in [6.07, 6.45) is -10.5. The summed E-state index contributed by atoms with van der Waals surface area (Å²) < 4.78 is 51.7. The van der Waals surface area contributed by atoms with E-state index in [0.29, 0.717) is 83.8 Å². The molecule has 11 unspecified atom stereocenters. The zero-order chi connectivity index (χ0) is 85.4. The average molecular weight is 1670 g/mol. The lowest BCUT2D eigenvalue weighted by atomic mass is 9.92. The van der Waals surface area contributed by atoms with Crippen LogP contribution in [0.5, 0.6) is 0 Å². The second-order valence-electron chi connectivity index (χ2n) is 32.2. The first-order valence-corrected chi connectivity index (χ1v) is 42.3. The van der Waals surface area contributed by atoms with E-state index in [1.54, 1.807) is 27.7 Å². The van der Waals surface area contributed by atoms with Crippen LogP contribution in [0.25, 0.3) is 0 Å². The van der Waals surface area contributed by atoms with Crippen molar-refractivity contribution in [2.45, 2.75) is 331 Å². The number of ether oxygens (including phenoxy) is 9. The highest BCUT2D eigenvalue weighted by Crippen LogP contribution is 2.32. The summed E-state index contributed by atoms with van der Waals surface area (Å²) in [6, 6.07) is -3.45. The molecule has 19 N–H and O–H groups in total. The third-order valence-corrected chi connectivity index (χ3v) is 22.1. The van der Waals surface area contributed by atoms with Gasteiger partial charge in [-0.25, -0.2) is 0 Å². The predicted octanol–water partition coefficient (Wildman–Crippen LogP) is -2.09. The molecule has 5 aliphatic heterocycles. The smallest absolute Gasteiger partial charge is 0.243 e. The molecule has 0 radical (unpaired) electrons. The number of aliphatic hydroxyl groups is 12. The lowest BCUT2D eigenvalue weighted by Gasteiger charge is -2.40. The molecule has 5 aliphatic rings. The van der Waals surface area contributed by atoms with Gasteiger partial charge < -0.3 is 146 Å². The summed E-state index contributed by atoms with van der Waals surface area (Å²) in [5, 5.41) is 141. The Hall–Kier alpha value is -5.08. The number of nitrogens with one attached hydrogen (secondary N) is 7. The molecule has 8 amide bonds. The lowest BCUT2D eigenvalue weighted by molar-refractivity contribution is -0.282. The monoisotopic (exact) mass is 1670 g/mol. The van der Waals surface area contributed by atoms with E-state index in [0.717, 1.165) is 6.42 Å². The number of hydrogen-bond donors (Lipinski definition) is 19. The number of rotatable bonds is 56. The van der Waals surface area contributed by atoms with Gasteiger partial charge in [0.25, 0.3) is 0 Å². The van der Waals surface area contributed by atoms with Gasteiger partial charge in [0.1, 0.15) is 67.0 Å². The minimum atomic E-state index is -1.31. The number of aliphatic hydroxyl groups excluding tert-OH is 12. The molecule has 0 aliphatic carbocycles. The van der Waals surface area contributed by atoms with Gasteiger partial charge in [0.2, 0.25) is 47.3 Å². The van der Waals surface area contributed by atoms with Crippen LogP contribution in [0.15, 0.2) is 0 Å². The minimum absolute atomic E-state index is 0.00373. The summed E-state index contributed by atoms with van der Waals surface area (Å²) in [4.78, 5) is 112. The van der Waals surface area contributed by atoms with Gasteiger partial charge in [-0.1, -0.05) is 34.6 Å². The van der Waals surface area contributed by atoms with Crippen LogP contribution in [0.3, 0.4) is 0 Å². The molecular weight excluding hydrogens is 1520 g/mol. The van der Waals surface area contributed by atoms with Gasteiger partial charge in [0.05, 0.1) is 69.6 Å². The third kappa shape index (κ3) is 34.8. The van der Waals surface area contributed by atoms with Crippen LogP contribution in [0.4, 0.5) is 0 Å². The molecule has 0 aromatic carbocycles. The van der Waals surface area contributed by atoms with Crippen molar-refractivity contribution in [1.82, 2.24) is 42.1 Å². The topological polar surface area (TPSA) is 550 Å². The number of amides is 8. The Morgan fingerprint density at radius 3 is 1.02 bits per heavy atom. The van der Waals surface area contributed by atoms with Crippen molar-refractivity contribution in [2.24, 2.45) is 29.6 Å². The van der Waals surface area contributed by atoms with E-state index in [1.165, 1.54) is 0 Å². The van der Waals surface area contributed by atoms with Crippen molar-refractivity contribution in [3.05, 3.63) is 0 Å². The van der Waals surface area contributed by atoms with Crippen LogP contribution >= 0.6 is 0 Å². The van der Waals surface area contributed by atoms with E-state index in [2.05, 4.69) is 44.1 Å². The fraction of sp³-hybridized carbons (Fsp3) is 0.899. The highest BCUT2D eigenvalue weighted by Gasteiger charge is 2.46. The number of carbonyl (C=O) groups is 8. The number of likely N-dealkylation sites (tertiary alicyclic amines) is 1. The van der Waals surface area contributed by atoms with E-state index in [1.807, 2.05) is 18.7 Å². The van der Waals surface area contributed by atoms with Crippen LogP contribution in [0.1, 0.15) is 203 Å². The minimum Gasteiger partial charge on any atom is -0.394 e. The Kier molecular flexibility index (Phi) is 48.2. The first-order valence-electron chi connectivity index (χ1n) is 42.3. The van der Waals surface area contributed by atoms with Gasteiger partial charge >= 0.3 is 0 Å². The SMILES string of the molecule is CC(C)OC[C@@H]1C[C@@H](C)CN1C(=O)CCCNC(=O)C(CCCCNC(=O)C(CCCCNC(=O)CCCCO[C@@H]1OC(CO)[C@H](O)[C@H](O)C1C)NC(=O)CCCCO[C@@H]1OC(CO)[C@H](O)[C@H](O)C1C)NC(=O)C(CCCCNC(=O)CCCCO[C@@H]1OC(CO)[C@H](O)[C@H](O)C1C)NC(=O)CCCCO[C@@H]1OC(CO)[C@H](O)[C@H](O)C1C. The Morgan fingerprint density at radius 1 is 0.371 bits per heavy atom. The van der Waals surface area contributed by atoms with Gasteiger partial charge in [0, 0.05) is 115 Å². The third-order valence-electron chi connectivity index (χ3n) is 22.1. The Morgan fingerprint density at radius 2 is 0.681 bits per heavy atom. The van der Waals surface area contributed by atoms with Gasteiger partial charge in [-0.05, 0) is 142 Å². The molecule has 672 valence electrons. The highest BCUT2D eigenvalue weighted by molar-refractivity contribution is 5.92. The number of carbonyl (C=O) groups excluding carboxylic acids is 8. The average Bonchev–Trinajstić information content (AvgIpc) is 1.19. The molecule has 37 nitrogen and oxygen atoms in total. The predicted molar refractivity (Wildman–Crippen MR) is 416 cm³/mol. The van der Waals surface area contributed by atoms with Crippen molar-refractivity contribution in [3.63, 3.8) is 0 Å². The second kappa shape index (κ2) is 55.0. The molecule has 0 spiro atoms. The van der Waals surface area contributed by atoms with Crippen molar-refractivity contribution >= 4 is 47.3 Å². The van der Waals surface area contributed by atoms with Crippen LogP contribution < -0.4 is 37.2 Å². The maximum Gasteiger partial charge on any atom is 0.243 e. The molecule has 5 fully saturated rings. The van der Waals surface area contributed by atoms with Crippen molar-refractivity contribution in [1.29, 1.82) is 0 Å². The van der Waals surface area contributed by atoms with Crippen LogP contribution in [-0.4, -0.2) is 334 Å². The molecule has 5 rings (SSSR count). The summed E-state index contributed by atoms with van der Waals surface area (Å²) in [7, 11) is 0. The van der Waals surface area contributed by atoms with Crippen LogP contribution in [0.2, 0.25) is 0 Å². The maximum atomic E-state index is 14.6. The van der Waals surface area contributed by atoms with E-state index in [-0.39, 0.29) is 165 Å². The molecule has 0 aromatic heterocycles. The van der Waals surface area contributed by atoms with Crippen LogP contribution in [-0.2, 0) is 81.0 Å². The van der Waals surface area contributed by atoms with Crippen LogP contribution in [0, 0.1) is 29.6 Å². The fourth-order valence-electron chi connectivity index (χ4n) is 14.6. The summed E-state index contributed by atoms with van der Waals surface area (Å²) >= 11 is 0. The summed E-state index contributed by atoms with van der Waals surface area (Å²) in [6.45, 7) is 12.6. The standard InChI is InChI=1S/C79H142N8O29/c1-46(2)112-45-52-39-47(3)40-87(52)64(96)30-22-34-83-74(106)54(86-75(107)55(85-63(95)29-14-21-38-111-79-51(7)68(100)72(104)59(44-91)116-79)25-9-16-32-81-61(93)27-12-19-36-109-77-49(5)66(98)70(102)57(42-89)114-77)24-10-17-33-82-73(105)53(84-62(94)28-13-20-37-110-78-50(6)67(99)71(103)58(43-90)115-78)23-8-15-31-80-60(92)26-11-18-35-108-76-48(4)65(97)69(101)56(41-88)113-76/h46-59,65-72,76-79,88-91,97-104H,8-45H2,1-7H3,(H,80,92)(H,81,93)(H,82,105)(H,83,106)(H,84,94)(H,85,95)(H,86,107)/t47-,48?,49?,50?,51?,52+,53?,54?,55?,56?,57?,58?,59?,65-,66-,67-,68-,69+,70+,71+,72+,76-,77-,78-,79-/m1/s1. The molecule has 5 heterocycles. The summed E-state index contributed by atoms with van der Waals surface area (Å²) in [5.41, 5.74) is 0. The number of hydrogen-bond acceptors (Lipinski definition) is 29. The molecule has 37 heteroatoms. The normalized spacial score (nSPS) is 30.3. The van der Waals surface area contributed by atoms with Crippen molar-refractivity contribution < 1.29 is 142 Å². The molecule has 0 bridgehead atoms. The molecule has 0 aromatic rings. The lowest BCUT2D eigenvalue weighted by Crippen LogP contribution is -2.55. The maximum absolute atomic E-state index is 14.6. The number of nitrogens with zero attached hydrogens (tertiary/aromatic N) is 1. The Bertz CT molecular complexity index is 2840.